The molecule has 1 heterocycles. The fourth-order valence-electron chi connectivity index (χ4n) is 2.12. The SMILES string of the molecule is CCNC(c1cccc(F)c1F)C1CSCCS1. The largest absolute Gasteiger partial charge is 0.309 e. The Morgan fingerprint density at radius 1 is 1.39 bits per heavy atom. The third kappa shape index (κ3) is 3.19. The summed E-state index contributed by atoms with van der Waals surface area (Å²) in [6, 6.07) is 4.33. The summed E-state index contributed by atoms with van der Waals surface area (Å²) >= 11 is 3.73. The van der Waals surface area contributed by atoms with Crippen LogP contribution in [-0.4, -0.2) is 29.1 Å². The minimum absolute atomic E-state index is 0.108. The Labute approximate surface area is 115 Å². The smallest absolute Gasteiger partial charge is 0.163 e. The Morgan fingerprint density at radius 3 is 2.89 bits per heavy atom. The summed E-state index contributed by atoms with van der Waals surface area (Å²) in [6.45, 7) is 2.74. The second-order valence-corrected chi connectivity index (χ2v) is 6.66. The zero-order chi connectivity index (χ0) is 13.0. The lowest BCUT2D eigenvalue weighted by Gasteiger charge is -2.30. The summed E-state index contributed by atoms with van der Waals surface area (Å²) in [5, 5.41) is 3.60. The highest BCUT2D eigenvalue weighted by Crippen LogP contribution is 2.34. The molecule has 2 rings (SSSR count). The lowest BCUT2D eigenvalue weighted by Crippen LogP contribution is -2.34. The molecule has 0 aromatic heterocycles. The predicted octanol–water partition coefficient (Wildman–Crippen LogP) is 3.46. The molecule has 100 valence electrons. The highest BCUT2D eigenvalue weighted by atomic mass is 32.2. The number of benzene rings is 1. The van der Waals surface area contributed by atoms with Crippen LogP contribution in [0, 0.1) is 11.6 Å². The van der Waals surface area contributed by atoms with E-state index in [1.54, 1.807) is 12.1 Å². The number of halogens is 2. The van der Waals surface area contributed by atoms with Gasteiger partial charge < -0.3 is 5.32 Å². The lowest BCUT2D eigenvalue weighted by molar-refractivity contribution is 0.465. The van der Waals surface area contributed by atoms with Gasteiger partial charge in [-0.05, 0) is 12.6 Å². The van der Waals surface area contributed by atoms with Gasteiger partial charge in [0, 0.05) is 34.1 Å². The van der Waals surface area contributed by atoms with E-state index in [1.165, 1.54) is 6.07 Å². The number of hydrogen-bond acceptors (Lipinski definition) is 3. The van der Waals surface area contributed by atoms with Gasteiger partial charge in [0.15, 0.2) is 11.6 Å². The summed E-state index contributed by atoms with van der Waals surface area (Å²) in [4.78, 5) is 0. The Morgan fingerprint density at radius 2 is 2.22 bits per heavy atom. The van der Waals surface area contributed by atoms with Crippen LogP contribution in [0.4, 0.5) is 8.78 Å². The molecular formula is C13H17F2NS2. The summed E-state index contributed by atoms with van der Waals surface area (Å²) in [6.07, 6.45) is 0. The van der Waals surface area contributed by atoms with Gasteiger partial charge in [0.1, 0.15) is 0 Å². The van der Waals surface area contributed by atoms with Crippen molar-refractivity contribution in [2.24, 2.45) is 0 Å². The molecule has 18 heavy (non-hydrogen) atoms. The minimum Gasteiger partial charge on any atom is -0.309 e. The van der Waals surface area contributed by atoms with Crippen molar-refractivity contribution in [1.82, 2.24) is 5.32 Å². The maximum Gasteiger partial charge on any atom is 0.163 e. The predicted molar refractivity (Wildman–Crippen MR) is 76.3 cm³/mol. The molecule has 1 saturated heterocycles. The Balaban J connectivity index is 2.25. The van der Waals surface area contributed by atoms with E-state index in [0.29, 0.717) is 10.8 Å². The molecule has 0 spiro atoms. The zero-order valence-electron chi connectivity index (χ0n) is 10.3. The molecule has 0 aliphatic carbocycles. The summed E-state index contributed by atoms with van der Waals surface area (Å²) in [7, 11) is 0. The molecule has 0 amide bonds. The van der Waals surface area contributed by atoms with Crippen LogP contribution in [0.3, 0.4) is 0 Å². The average Bonchev–Trinajstić information content (AvgIpc) is 2.41. The van der Waals surface area contributed by atoms with Crippen LogP contribution in [0.25, 0.3) is 0 Å². The molecule has 0 saturated carbocycles. The van der Waals surface area contributed by atoms with Crippen molar-refractivity contribution in [2.45, 2.75) is 18.2 Å². The summed E-state index contributed by atoms with van der Waals surface area (Å²) in [5.41, 5.74) is 0.455. The van der Waals surface area contributed by atoms with E-state index in [0.717, 1.165) is 23.8 Å². The molecule has 5 heteroatoms. The fourth-order valence-corrected chi connectivity index (χ4v) is 4.98. The van der Waals surface area contributed by atoms with E-state index in [2.05, 4.69) is 5.32 Å². The highest BCUT2D eigenvalue weighted by molar-refractivity contribution is 8.06. The first kappa shape index (κ1) is 14.2. The Kier molecular flexibility index (Phi) is 5.33. The monoisotopic (exact) mass is 289 g/mol. The van der Waals surface area contributed by atoms with Gasteiger partial charge in [-0.1, -0.05) is 19.1 Å². The molecule has 1 aliphatic heterocycles. The third-order valence-electron chi connectivity index (χ3n) is 2.95. The van der Waals surface area contributed by atoms with Gasteiger partial charge in [0.25, 0.3) is 0 Å². The van der Waals surface area contributed by atoms with E-state index in [1.807, 2.05) is 30.4 Å². The molecule has 0 radical (unpaired) electrons. The zero-order valence-corrected chi connectivity index (χ0v) is 11.9. The third-order valence-corrected chi connectivity index (χ3v) is 5.82. The van der Waals surface area contributed by atoms with Gasteiger partial charge in [-0.2, -0.15) is 23.5 Å². The maximum absolute atomic E-state index is 13.9. The Hall–Kier alpha value is -0.260. The lowest BCUT2D eigenvalue weighted by atomic mass is 10.0. The standard InChI is InChI=1S/C13H17F2NS2/c1-2-16-13(11-8-17-6-7-18-11)9-4-3-5-10(14)12(9)15/h3-5,11,13,16H,2,6-8H2,1H3. The van der Waals surface area contributed by atoms with Crippen LogP contribution < -0.4 is 5.32 Å². The first-order valence-corrected chi connectivity index (χ1v) is 8.31. The van der Waals surface area contributed by atoms with E-state index in [4.69, 9.17) is 0 Å². The molecule has 1 aromatic rings. The van der Waals surface area contributed by atoms with Crippen molar-refractivity contribution >= 4 is 23.5 Å². The molecule has 0 bridgehead atoms. The average molecular weight is 289 g/mol. The van der Waals surface area contributed by atoms with Gasteiger partial charge in [-0.15, -0.1) is 0 Å². The highest BCUT2D eigenvalue weighted by Gasteiger charge is 2.28. The number of rotatable bonds is 4. The normalized spacial score (nSPS) is 21.8. The van der Waals surface area contributed by atoms with E-state index < -0.39 is 11.6 Å². The number of hydrogen-bond donors (Lipinski definition) is 1. The van der Waals surface area contributed by atoms with Gasteiger partial charge in [0.2, 0.25) is 0 Å². The van der Waals surface area contributed by atoms with Crippen molar-refractivity contribution in [3.8, 4) is 0 Å². The molecule has 1 aliphatic rings. The number of thioether (sulfide) groups is 2. The van der Waals surface area contributed by atoms with E-state index in [9.17, 15) is 8.78 Å². The molecule has 1 aromatic carbocycles. The fraction of sp³-hybridized carbons (Fsp3) is 0.538. The van der Waals surface area contributed by atoms with E-state index >= 15 is 0 Å². The van der Waals surface area contributed by atoms with Gasteiger partial charge in [-0.3, -0.25) is 0 Å². The van der Waals surface area contributed by atoms with Gasteiger partial charge in [-0.25, -0.2) is 8.78 Å². The maximum atomic E-state index is 13.9. The molecule has 1 N–H and O–H groups in total. The van der Waals surface area contributed by atoms with Crippen molar-refractivity contribution in [3.63, 3.8) is 0 Å². The summed E-state index contributed by atoms with van der Waals surface area (Å²) < 4.78 is 27.2. The van der Waals surface area contributed by atoms with Gasteiger partial charge >= 0.3 is 0 Å². The van der Waals surface area contributed by atoms with Crippen LogP contribution in [0.2, 0.25) is 0 Å². The van der Waals surface area contributed by atoms with Crippen molar-refractivity contribution in [2.75, 3.05) is 23.8 Å². The first-order valence-electron chi connectivity index (χ1n) is 6.10. The second-order valence-electron chi connectivity index (χ2n) is 4.16. The van der Waals surface area contributed by atoms with Crippen LogP contribution in [0.15, 0.2) is 18.2 Å². The quantitative estimate of drug-likeness (QED) is 0.911. The van der Waals surface area contributed by atoms with Crippen LogP contribution in [0.1, 0.15) is 18.5 Å². The van der Waals surface area contributed by atoms with Crippen molar-refractivity contribution < 1.29 is 8.78 Å². The number of nitrogens with one attached hydrogen (secondary N) is 1. The van der Waals surface area contributed by atoms with Crippen molar-refractivity contribution in [3.05, 3.63) is 35.4 Å². The minimum atomic E-state index is -0.760. The van der Waals surface area contributed by atoms with Gasteiger partial charge in [0.05, 0.1) is 0 Å². The van der Waals surface area contributed by atoms with Crippen LogP contribution >= 0.6 is 23.5 Å². The molecular weight excluding hydrogens is 272 g/mol. The molecule has 1 fully saturated rings. The van der Waals surface area contributed by atoms with Crippen LogP contribution in [0.5, 0.6) is 0 Å². The molecule has 2 unspecified atom stereocenters. The molecule has 2 atom stereocenters. The van der Waals surface area contributed by atoms with E-state index in [-0.39, 0.29) is 6.04 Å². The second kappa shape index (κ2) is 6.78. The topological polar surface area (TPSA) is 12.0 Å². The first-order chi connectivity index (χ1) is 8.74. The van der Waals surface area contributed by atoms with Crippen LogP contribution in [-0.2, 0) is 0 Å². The van der Waals surface area contributed by atoms with Crippen molar-refractivity contribution in [1.29, 1.82) is 0 Å². The summed E-state index contributed by atoms with van der Waals surface area (Å²) in [5.74, 6) is 1.74. The molecule has 1 nitrogen and oxygen atoms in total. The Bertz CT molecular complexity index is 395.